The molecule has 0 saturated heterocycles. The fourth-order valence-electron chi connectivity index (χ4n) is 4.23. The summed E-state index contributed by atoms with van der Waals surface area (Å²) < 4.78 is 0. The first kappa shape index (κ1) is 33.3. The molecule has 0 bridgehead atoms. The third-order valence-electron chi connectivity index (χ3n) is 5.86. The van der Waals surface area contributed by atoms with Crippen LogP contribution in [0, 0.1) is 0 Å². The summed E-state index contributed by atoms with van der Waals surface area (Å²) in [4.78, 5) is 0. The summed E-state index contributed by atoms with van der Waals surface area (Å²) in [6, 6.07) is 60.5. The molecule has 0 amide bonds. The van der Waals surface area contributed by atoms with Crippen LogP contribution in [-0.2, 0) is 37.5 Å². The second-order valence-electron chi connectivity index (χ2n) is 8.30. The molecule has 0 aliphatic rings. The van der Waals surface area contributed by atoms with Gasteiger partial charge in [0.15, 0.2) is 0 Å². The van der Waals surface area contributed by atoms with Gasteiger partial charge < -0.3 is 29.6 Å². The van der Waals surface area contributed by atoms with Crippen molar-refractivity contribution < 1.29 is 37.5 Å². The van der Waals surface area contributed by atoms with Gasteiger partial charge in [0.1, 0.15) is 0 Å². The molecule has 5 heteroatoms. The predicted molar refractivity (Wildman–Crippen MR) is 172 cm³/mol. The molecular weight excluding hydrogens is 712 g/mol. The van der Waals surface area contributed by atoms with Gasteiger partial charge in [0.2, 0.25) is 0 Å². The SMILES string of the molecule is Br.[Fe].[Pd].c1ccc(P(c2ccccc2)[c-]2[cH-][cH-][cH-][cH-]2)cc1.c1ccc(P(c2ccccc2)[c-]2cccc2)cc1. The van der Waals surface area contributed by atoms with Crippen LogP contribution >= 0.6 is 32.8 Å². The van der Waals surface area contributed by atoms with E-state index in [1.807, 2.05) is 0 Å². The summed E-state index contributed by atoms with van der Waals surface area (Å²) in [5, 5.41) is 8.47. The van der Waals surface area contributed by atoms with E-state index in [0.717, 1.165) is 0 Å². The molecule has 0 nitrogen and oxygen atoms in total. The van der Waals surface area contributed by atoms with Crippen LogP contribution < -0.4 is 31.8 Å². The molecule has 0 saturated carbocycles. The summed E-state index contributed by atoms with van der Waals surface area (Å²) in [6.45, 7) is 0. The number of hydrogen-bond donors (Lipinski definition) is 0. The first-order chi connectivity index (χ1) is 17.9. The number of hydrogen-bond acceptors (Lipinski definition) is 0. The van der Waals surface area contributed by atoms with E-state index in [1.54, 1.807) is 0 Å². The van der Waals surface area contributed by atoms with Gasteiger partial charge in [-0.25, -0.2) is 20.1 Å². The van der Waals surface area contributed by atoms with Crippen molar-refractivity contribution in [2.75, 3.05) is 0 Å². The third-order valence-corrected chi connectivity index (χ3v) is 10.8. The third kappa shape index (κ3) is 9.05. The molecule has 0 atom stereocenters. The van der Waals surface area contributed by atoms with Crippen LogP contribution in [0.3, 0.4) is 0 Å². The van der Waals surface area contributed by atoms with Crippen molar-refractivity contribution in [3.63, 3.8) is 0 Å². The van der Waals surface area contributed by atoms with Gasteiger partial charge in [-0.05, 0) is 10.6 Å². The first-order valence-electron chi connectivity index (χ1n) is 12.1. The van der Waals surface area contributed by atoms with E-state index < -0.39 is 15.8 Å². The normalized spacial score (nSPS) is 9.90. The van der Waals surface area contributed by atoms with E-state index in [-0.39, 0.29) is 54.5 Å². The second-order valence-corrected chi connectivity index (χ2v) is 12.7. The van der Waals surface area contributed by atoms with Crippen molar-refractivity contribution in [2.24, 2.45) is 0 Å². The Morgan fingerprint density at radius 2 is 0.744 bits per heavy atom. The molecule has 0 aliphatic heterocycles. The number of halogens is 1. The number of rotatable bonds is 6. The zero-order valence-electron chi connectivity index (χ0n) is 21.1. The molecule has 0 fully saturated rings. The Morgan fingerprint density at radius 1 is 0.436 bits per heavy atom. The van der Waals surface area contributed by atoms with Gasteiger partial charge in [-0.15, -0.1) is 22.3 Å². The number of benzene rings is 4. The maximum absolute atomic E-state index is 2.23. The van der Waals surface area contributed by atoms with Crippen molar-refractivity contribution in [1.29, 1.82) is 0 Å². The Balaban J connectivity index is 0.000000254. The van der Waals surface area contributed by atoms with Crippen LogP contribution in [0.4, 0.5) is 0 Å². The second kappa shape index (κ2) is 17.7. The van der Waals surface area contributed by atoms with Gasteiger partial charge in [0.25, 0.3) is 0 Å². The molecule has 39 heavy (non-hydrogen) atoms. The van der Waals surface area contributed by atoms with Crippen LogP contribution in [0.25, 0.3) is 0 Å². The van der Waals surface area contributed by atoms with Crippen LogP contribution in [0.2, 0.25) is 0 Å². The summed E-state index contributed by atoms with van der Waals surface area (Å²) in [7, 11) is -0.818. The fraction of sp³-hybridized carbons (Fsp3) is 0. The molecule has 0 radical (unpaired) electrons. The molecule has 6 aromatic rings. The van der Waals surface area contributed by atoms with E-state index in [0.29, 0.717) is 0 Å². The summed E-state index contributed by atoms with van der Waals surface area (Å²) in [5.74, 6) is 0. The Hall–Kier alpha value is -1.90. The van der Waals surface area contributed by atoms with Crippen LogP contribution in [0.1, 0.15) is 0 Å². The Bertz CT molecular complexity index is 1220. The molecule has 0 heterocycles. The van der Waals surface area contributed by atoms with Crippen molar-refractivity contribution in [2.45, 2.75) is 0 Å². The first-order valence-corrected chi connectivity index (χ1v) is 14.8. The van der Waals surface area contributed by atoms with Gasteiger partial charge in [0.05, 0.1) is 0 Å². The zero-order chi connectivity index (χ0) is 24.4. The molecule has 0 unspecified atom stereocenters. The minimum absolute atomic E-state index is 0. The van der Waals surface area contributed by atoms with E-state index >= 15 is 0 Å². The fourth-order valence-corrected chi connectivity index (χ4v) is 8.84. The average molecular weight is 742 g/mol. The maximum Gasteiger partial charge on any atom is 0 e. The molecule has 0 aliphatic carbocycles. The maximum atomic E-state index is 2.23. The van der Waals surface area contributed by atoms with Crippen LogP contribution in [-0.4, -0.2) is 0 Å². The standard InChI is InChI=1S/2C17H14P.BrH.Fe.Pd/c2*1-3-9-15(10-4-1)18(17-13-7-8-14-17)16-11-5-2-6-12-16;;;/h2*1-14H;1H;;/q-5;-1;;;. The average Bonchev–Trinajstić information content (AvgIpc) is 3.68. The van der Waals surface area contributed by atoms with Gasteiger partial charge >= 0.3 is 0 Å². The Kier molecular flexibility index (Phi) is 15.1. The topological polar surface area (TPSA) is 0 Å². The van der Waals surface area contributed by atoms with Crippen LogP contribution in [0.5, 0.6) is 0 Å². The quantitative estimate of drug-likeness (QED) is 0.0991. The van der Waals surface area contributed by atoms with Crippen molar-refractivity contribution >= 4 is 64.7 Å². The molecular formula is C34H29BrFeP2Pd-6. The molecule has 6 rings (SSSR count). The molecule has 0 N–H and O–H groups in total. The Morgan fingerprint density at radius 3 is 1.08 bits per heavy atom. The van der Waals surface area contributed by atoms with Crippen molar-refractivity contribution in [1.82, 2.24) is 0 Å². The Labute approximate surface area is 270 Å². The van der Waals surface area contributed by atoms with E-state index in [1.165, 1.54) is 31.8 Å². The molecule has 0 spiro atoms. The molecule has 0 aromatic heterocycles. The minimum atomic E-state index is -0.409. The van der Waals surface area contributed by atoms with Crippen molar-refractivity contribution in [3.05, 3.63) is 170 Å². The predicted octanol–water partition coefficient (Wildman–Crippen LogP) is 6.90. The van der Waals surface area contributed by atoms with E-state index in [9.17, 15) is 0 Å². The minimum Gasteiger partial charge on any atom is -0.747 e. The zero-order valence-corrected chi connectivity index (χ0v) is 27.3. The van der Waals surface area contributed by atoms with Gasteiger partial charge in [-0.2, -0.15) is 12.1 Å². The summed E-state index contributed by atoms with van der Waals surface area (Å²) >= 11 is 0. The largest absolute Gasteiger partial charge is 0.747 e. The van der Waals surface area contributed by atoms with E-state index in [2.05, 4.69) is 170 Å². The van der Waals surface area contributed by atoms with E-state index in [4.69, 9.17) is 0 Å². The summed E-state index contributed by atoms with van der Waals surface area (Å²) in [5.41, 5.74) is 0. The van der Waals surface area contributed by atoms with Crippen LogP contribution in [0.15, 0.2) is 170 Å². The smallest absolute Gasteiger partial charge is 0 e. The van der Waals surface area contributed by atoms with Crippen molar-refractivity contribution in [3.8, 4) is 0 Å². The van der Waals surface area contributed by atoms with Gasteiger partial charge in [-0.3, -0.25) is 0 Å². The van der Waals surface area contributed by atoms with Gasteiger partial charge in [-0.1, -0.05) is 140 Å². The molecule has 6 aromatic carbocycles. The monoisotopic (exact) mass is 740 g/mol. The van der Waals surface area contributed by atoms with Gasteiger partial charge in [0, 0.05) is 37.5 Å². The summed E-state index contributed by atoms with van der Waals surface area (Å²) in [6.07, 6.45) is 0. The molecule has 206 valence electrons.